The van der Waals surface area contributed by atoms with Crippen molar-refractivity contribution in [2.75, 3.05) is 18.5 Å². The molecule has 1 atom stereocenters. The minimum atomic E-state index is -2.01. The molecule has 0 aliphatic heterocycles. The third-order valence-corrected chi connectivity index (χ3v) is 9.66. The Morgan fingerprint density at radius 3 is 2.43 bits per heavy atom. The fraction of sp³-hybridized carbons (Fsp3) is 0.450. The fourth-order valence-electron chi connectivity index (χ4n) is 2.28. The molecule has 0 aliphatic rings. The predicted octanol–water partition coefficient (Wildman–Crippen LogP) is 3.05. The van der Waals surface area contributed by atoms with Crippen LogP contribution in [0.1, 0.15) is 37.2 Å². The summed E-state index contributed by atoms with van der Waals surface area (Å²) in [7, 11) is -2.01. The second kappa shape index (κ2) is 8.81. The molecule has 0 fully saturated rings. The van der Waals surface area contributed by atoms with E-state index in [-0.39, 0.29) is 30.0 Å². The van der Waals surface area contributed by atoms with E-state index in [1.807, 2.05) is 6.07 Å². The van der Waals surface area contributed by atoms with Gasteiger partial charge in [0.15, 0.2) is 8.32 Å². The van der Waals surface area contributed by atoms with Gasteiger partial charge < -0.3 is 14.8 Å². The monoisotopic (exact) mass is 403 g/mol. The number of benzene rings is 1. The van der Waals surface area contributed by atoms with Crippen molar-refractivity contribution < 1.29 is 14.3 Å². The minimum absolute atomic E-state index is 0.0296. The first-order chi connectivity index (χ1) is 13.0. The highest BCUT2D eigenvalue weighted by atomic mass is 28.4. The molecule has 0 saturated heterocycles. The molecule has 0 saturated carbocycles. The van der Waals surface area contributed by atoms with Crippen LogP contribution in [0.3, 0.4) is 0 Å². The number of hydrogen-bond acceptors (Lipinski definition) is 5. The maximum Gasteiger partial charge on any atom is 0.349 e. The quantitative estimate of drug-likeness (QED) is 0.693. The topological polar surface area (TPSA) is 93.4 Å². The number of hydrogen-bond donors (Lipinski definition) is 2. The average molecular weight is 404 g/mol. The van der Waals surface area contributed by atoms with Crippen LogP contribution in [0.15, 0.2) is 47.4 Å². The molecule has 2 aromatic rings. The molecule has 2 N–H and O–H groups in total. The van der Waals surface area contributed by atoms with Crippen molar-refractivity contribution >= 4 is 20.0 Å². The van der Waals surface area contributed by atoms with Crippen LogP contribution >= 0.6 is 0 Å². The third-order valence-electron chi connectivity index (χ3n) is 5.15. The summed E-state index contributed by atoms with van der Waals surface area (Å²) in [6.45, 7) is 10.6. The van der Waals surface area contributed by atoms with Crippen LogP contribution in [0.25, 0.3) is 0 Å². The summed E-state index contributed by atoms with van der Waals surface area (Å²) in [5.74, 6) is -0.178. The number of aliphatic hydroxyl groups excluding tert-OH is 1. The third kappa shape index (κ3) is 5.37. The number of amides is 1. The zero-order chi connectivity index (χ0) is 20.9. The Kier molecular flexibility index (Phi) is 6.92. The van der Waals surface area contributed by atoms with Gasteiger partial charge in [-0.2, -0.15) is 4.98 Å². The van der Waals surface area contributed by atoms with Crippen LogP contribution in [0.5, 0.6) is 0 Å². The highest BCUT2D eigenvalue weighted by Gasteiger charge is 2.37. The molecule has 1 aromatic heterocycles. The smallest absolute Gasteiger partial charge is 0.349 e. The number of aliphatic hydroxyl groups is 1. The first-order valence-electron chi connectivity index (χ1n) is 9.25. The standard InChI is InChI=1S/C20H29N3O4Si/c1-20(2,3)28(4,5)27-14-16(13-24)23-12-11-17(22-19(23)26)21-18(25)15-9-7-6-8-10-15/h6-12,16,24H,13-14H2,1-5H3,(H,21,22,25,26). The van der Waals surface area contributed by atoms with Crippen LogP contribution in [0.2, 0.25) is 18.1 Å². The maximum absolute atomic E-state index is 12.4. The normalized spacial score (nSPS) is 13.2. The summed E-state index contributed by atoms with van der Waals surface area (Å²) in [6, 6.07) is 9.69. The molecule has 1 unspecified atom stereocenters. The Balaban J connectivity index is 2.11. The molecule has 28 heavy (non-hydrogen) atoms. The summed E-state index contributed by atoms with van der Waals surface area (Å²) in [5, 5.41) is 12.4. The van der Waals surface area contributed by atoms with E-state index in [2.05, 4.69) is 44.2 Å². The highest BCUT2D eigenvalue weighted by molar-refractivity contribution is 6.74. The van der Waals surface area contributed by atoms with Crippen LogP contribution < -0.4 is 11.0 Å². The van der Waals surface area contributed by atoms with E-state index >= 15 is 0 Å². The van der Waals surface area contributed by atoms with Gasteiger partial charge in [0.25, 0.3) is 5.91 Å². The van der Waals surface area contributed by atoms with E-state index < -0.39 is 20.0 Å². The Morgan fingerprint density at radius 1 is 1.25 bits per heavy atom. The van der Waals surface area contributed by atoms with E-state index in [1.165, 1.54) is 16.8 Å². The maximum atomic E-state index is 12.4. The summed E-state index contributed by atoms with van der Waals surface area (Å²) < 4.78 is 7.47. The van der Waals surface area contributed by atoms with Gasteiger partial charge in [0.2, 0.25) is 0 Å². The molecule has 2 rings (SSSR count). The zero-order valence-electron chi connectivity index (χ0n) is 17.1. The number of anilines is 1. The molecule has 8 heteroatoms. The number of aromatic nitrogens is 2. The van der Waals surface area contributed by atoms with Gasteiger partial charge >= 0.3 is 5.69 Å². The molecule has 0 aliphatic carbocycles. The van der Waals surface area contributed by atoms with Gasteiger partial charge in [-0.05, 0) is 36.3 Å². The van der Waals surface area contributed by atoms with Crippen LogP contribution in [-0.4, -0.2) is 42.1 Å². The van der Waals surface area contributed by atoms with Gasteiger partial charge in [-0.25, -0.2) is 4.79 Å². The second-order valence-electron chi connectivity index (χ2n) is 8.23. The number of carbonyl (C=O) groups is 1. The van der Waals surface area contributed by atoms with Crippen molar-refractivity contribution in [1.82, 2.24) is 9.55 Å². The number of carbonyl (C=O) groups excluding carboxylic acids is 1. The van der Waals surface area contributed by atoms with Crippen LogP contribution in [0.4, 0.5) is 5.82 Å². The molecule has 152 valence electrons. The van der Waals surface area contributed by atoms with Gasteiger partial charge in [-0.15, -0.1) is 0 Å². The average Bonchev–Trinajstić information content (AvgIpc) is 2.63. The van der Waals surface area contributed by atoms with Crippen molar-refractivity contribution in [2.45, 2.75) is 44.9 Å². The first-order valence-corrected chi connectivity index (χ1v) is 12.2. The van der Waals surface area contributed by atoms with Crippen LogP contribution in [-0.2, 0) is 4.43 Å². The molecule has 7 nitrogen and oxygen atoms in total. The Bertz CT molecular complexity index is 860. The molecular weight excluding hydrogens is 374 g/mol. The number of nitrogens with one attached hydrogen (secondary N) is 1. The number of rotatable bonds is 7. The summed E-state index contributed by atoms with van der Waals surface area (Å²) in [5.41, 5.74) is -0.0757. The van der Waals surface area contributed by atoms with E-state index in [4.69, 9.17) is 4.43 Å². The van der Waals surface area contributed by atoms with Gasteiger partial charge in [-0.3, -0.25) is 9.36 Å². The van der Waals surface area contributed by atoms with E-state index in [0.717, 1.165) is 0 Å². The Hall–Kier alpha value is -2.29. The second-order valence-corrected chi connectivity index (χ2v) is 13.0. The lowest BCUT2D eigenvalue weighted by atomic mass is 10.2. The van der Waals surface area contributed by atoms with E-state index in [1.54, 1.807) is 24.3 Å². The summed E-state index contributed by atoms with van der Waals surface area (Å²) >= 11 is 0. The van der Waals surface area contributed by atoms with Gasteiger partial charge in [0.1, 0.15) is 5.82 Å². The number of nitrogens with zero attached hydrogens (tertiary/aromatic N) is 2. The minimum Gasteiger partial charge on any atom is -0.415 e. The van der Waals surface area contributed by atoms with Crippen LogP contribution in [0, 0.1) is 0 Å². The molecule has 0 spiro atoms. The first kappa shape index (κ1) is 22.0. The lowest BCUT2D eigenvalue weighted by molar-refractivity contribution is 0.102. The zero-order valence-corrected chi connectivity index (χ0v) is 18.1. The summed E-state index contributed by atoms with van der Waals surface area (Å²) in [6.07, 6.45) is 1.52. The molecule has 0 radical (unpaired) electrons. The van der Waals surface area contributed by atoms with Crippen molar-refractivity contribution in [3.63, 3.8) is 0 Å². The van der Waals surface area contributed by atoms with Crippen molar-refractivity contribution in [3.05, 3.63) is 58.6 Å². The fourth-order valence-corrected chi connectivity index (χ4v) is 3.32. The molecule has 1 aromatic carbocycles. The van der Waals surface area contributed by atoms with E-state index in [9.17, 15) is 14.7 Å². The highest BCUT2D eigenvalue weighted by Crippen LogP contribution is 2.36. The van der Waals surface area contributed by atoms with Gasteiger partial charge in [0, 0.05) is 11.8 Å². The SMILES string of the molecule is CC(C)(C)[Si](C)(C)OCC(CO)n1ccc(NC(=O)c2ccccc2)nc1=O. The molecule has 0 bridgehead atoms. The Morgan fingerprint density at radius 2 is 1.89 bits per heavy atom. The summed E-state index contributed by atoms with van der Waals surface area (Å²) in [4.78, 5) is 28.5. The van der Waals surface area contributed by atoms with Crippen molar-refractivity contribution in [3.8, 4) is 0 Å². The lowest BCUT2D eigenvalue weighted by Gasteiger charge is -2.37. The largest absolute Gasteiger partial charge is 0.415 e. The lowest BCUT2D eigenvalue weighted by Crippen LogP contribution is -2.43. The Labute approximate surface area is 166 Å². The van der Waals surface area contributed by atoms with Crippen molar-refractivity contribution in [2.24, 2.45) is 0 Å². The van der Waals surface area contributed by atoms with Crippen molar-refractivity contribution in [1.29, 1.82) is 0 Å². The van der Waals surface area contributed by atoms with Gasteiger partial charge in [-0.1, -0.05) is 39.0 Å². The van der Waals surface area contributed by atoms with Gasteiger partial charge in [0.05, 0.1) is 19.3 Å². The predicted molar refractivity (Wildman–Crippen MR) is 112 cm³/mol. The molecular formula is C20H29N3O4Si. The van der Waals surface area contributed by atoms with E-state index in [0.29, 0.717) is 5.56 Å². The molecule has 1 heterocycles. The molecule has 1 amide bonds.